The molecule has 0 aliphatic carbocycles. The van der Waals surface area contributed by atoms with Crippen molar-refractivity contribution in [1.82, 2.24) is 15.5 Å². The third-order valence-electron chi connectivity index (χ3n) is 5.29. The number of amides is 3. The van der Waals surface area contributed by atoms with Crippen molar-refractivity contribution in [3.05, 3.63) is 58.0 Å². The Morgan fingerprint density at radius 1 is 1.17 bits per heavy atom. The quantitative estimate of drug-likeness (QED) is 0.707. The number of carbonyl (C=O) groups is 3. The van der Waals surface area contributed by atoms with Crippen molar-refractivity contribution < 1.29 is 18.8 Å². The average Bonchev–Trinajstić information content (AvgIpc) is 3.29. The summed E-state index contributed by atoms with van der Waals surface area (Å²) in [5, 5.41) is 7.42. The maximum atomic E-state index is 13.6. The van der Waals surface area contributed by atoms with E-state index in [0.717, 1.165) is 0 Å². The zero-order chi connectivity index (χ0) is 21.5. The van der Waals surface area contributed by atoms with Crippen molar-refractivity contribution >= 4 is 29.1 Å². The number of hydrogen-bond donors (Lipinski definition) is 2. The van der Waals surface area contributed by atoms with Crippen LogP contribution in [0, 0.1) is 11.7 Å². The monoisotopic (exact) mass is 431 g/mol. The molecule has 0 saturated carbocycles. The number of rotatable bonds is 7. The Labute approximate surface area is 179 Å². The van der Waals surface area contributed by atoms with Gasteiger partial charge in [0, 0.05) is 25.6 Å². The molecule has 0 spiro atoms. The van der Waals surface area contributed by atoms with Gasteiger partial charge in [-0.25, -0.2) is 4.39 Å². The predicted octanol–water partition coefficient (Wildman–Crippen LogP) is 2.60. The van der Waals surface area contributed by atoms with E-state index in [4.69, 9.17) is 0 Å². The lowest BCUT2D eigenvalue weighted by Gasteiger charge is -2.33. The molecule has 6 nitrogen and oxygen atoms in total. The molecule has 8 heteroatoms. The molecule has 1 saturated heterocycles. The van der Waals surface area contributed by atoms with Gasteiger partial charge in [-0.1, -0.05) is 24.3 Å². The standard InChI is InChI=1S/C22H26FN3O3S/c1-15(25-21(28)19-7-4-14-30-19)22(29)26-12-9-17(10-13-26)20(27)24-11-8-16-5-2-3-6-18(16)23/h2-7,14-15,17H,8-13H2,1H3,(H,24,27)(H,25,28). The van der Waals surface area contributed by atoms with Crippen LogP contribution in [0.3, 0.4) is 0 Å². The molecule has 1 aromatic heterocycles. The Morgan fingerprint density at radius 2 is 1.90 bits per heavy atom. The largest absolute Gasteiger partial charge is 0.356 e. The topological polar surface area (TPSA) is 78.5 Å². The van der Waals surface area contributed by atoms with Gasteiger partial charge in [0.25, 0.3) is 5.91 Å². The maximum Gasteiger partial charge on any atom is 0.261 e. The van der Waals surface area contributed by atoms with Gasteiger partial charge in [-0.3, -0.25) is 14.4 Å². The highest BCUT2D eigenvalue weighted by molar-refractivity contribution is 7.12. The van der Waals surface area contributed by atoms with Crippen LogP contribution in [-0.2, 0) is 16.0 Å². The highest BCUT2D eigenvalue weighted by atomic mass is 32.1. The minimum absolute atomic E-state index is 0.0579. The first-order valence-electron chi connectivity index (χ1n) is 10.1. The molecule has 3 rings (SSSR count). The summed E-state index contributed by atoms with van der Waals surface area (Å²) in [4.78, 5) is 39.4. The number of hydrogen-bond acceptors (Lipinski definition) is 4. The first-order chi connectivity index (χ1) is 14.5. The summed E-state index contributed by atoms with van der Waals surface area (Å²) in [5.41, 5.74) is 0.580. The van der Waals surface area contributed by atoms with Crippen LogP contribution in [-0.4, -0.2) is 48.3 Å². The fourth-order valence-electron chi connectivity index (χ4n) is 3.54. The molecule has 1 fully saturated rings. The van der Waals surface area contributed by atoms with Gasteiger partial charge in [0.2, 0.25) is 11.8 Å². The van der Waals surface area contributed by atoms with Gasteiger partial charge < -0.3 is 15.5 Å². The molecule has 0 bridgehead atoms. The molecule has 1 unspecified atom stereocenters. The van der Waals surface area contributed by atoms with Gasteiger partial charge in [-0.2, -0.15) is 0 Å². The van der Waals surface area contributed by atoms with Crippen LogP contribution in [0.4, 0.5) is 4.39 Å². The number of nitrogens with zero attached hydrogens (tertiary/aromatic N) is 1. The predicted molar refractivity (Wildman–Crippen MR) is 114 cm³/mol. The van der Waals surface area contributed by atoms with E-state index in [1.807, 2.05) is 5.38 Å². The van der Waals surface area contributed by atoms with E-state index in [1.165, 1.54) is 17.4 Å². The van der Waals surface area contributed by atoms with Gasteiger partial charge in [-0.15, -0.1) is 11.3 Å². The van der Waals surface area contributed by atoms with E-state index in [9.17, 15) is 18.8 Å². The first-order valence-corrected chi connectivity index (χ1v) is 11.0. The molecule has 1 aromatic carbocycles. The molecule has 1 aliphatic rings. The Morgan fingerprint density at radius 3 is 2.57 bits per heavy atom. The smallest absolute Gasteiger partial charge is 0.261 e. The summed E-state index contributed by atoms with van der Waals surface area (Å²) in [7, 11) is 0. The van der Waals surface area contributed by atoms with Crippen LogP contribution >= 0.6 is 11.3 Å². The van der Waals surface area contributed by atoms with Crippen LogP contribution in [0.5, 0.6) is 0 Å². The zero-order valence-electron chi connectivity index (χ0n) is 16.9. The van der Waals surface area contributed by atoms with Crippen LogP contribution in [0.25, 0.3) is 0 Å². The molecule has 2 N–H and O–H groups in total. The molecule has 1 aliphatic heterocycles. The molecule has 2 heterocycles. The third-order valence-corrected chi connectivity index (χ3v) is 6.16. The van der Waals surface area contributed by atoms with Gasteiger partial charge in [-0.05, 0) is 49.3 Å². The number of halogens is 1. The van der Waals surface area contributed by atoms with Crippen LogP contribution in [0.1, 0.15) is 35.0 Å². The van der Waals surface area contributed by atoms with Crippen molar-refractivity contribution in [2.75, 3.05) is 19.6 Å². The summed E-state index contributed by atoms with van der Waals surface area (Å²) >= 11 is 1.33. The minimum atomic E-state index is -0.620. The third kappa shape index (κ3) is 5.66. The fraction of sp³-hybridized carbons (Fsp3) is 0.409. The normalized spacial score (nSPS) is 15.5. The number of likely N-dealkylation sites (tertiary alicyclic amines) is 1. The Hall–Kier alpha value is -2.74. The molecule has 0 radical (unpaired) electrons. The van der Waals surface area contributed by atoms with Gasteiger partial charge in [0.15, 0.2) is 0 Å². The number of benzene rings is 1. The van der Waals surface area contributed by atoms with E-state index in [-0.39, 0.29) is 29.5 Å². The second-order valence-electron chi connectivity index (χ2n) is 7.40. The van der Waals surface area contributed by atoms with Gasteiger partial charge in [0.05, 0.1) is 4.88 Å². The highest BCUT2D eigenvalue weighted by Crippen LogP contribution is 2.18. The summed E-state index contributed by atoms with van der Waals surface area (Å²) in [6.45, 7) is 3.01. The molecule has 2 aromatic rings. The summed E-state index contributed by atoms with van der Waals surface area (Å²) in [5.74, 6) is -0.879. The lowest BCUT2D eigenvalue weighted by atomic mass is 9.95. The van der Waals surface area contributed by atoms with Crippen molar-refractivity contribution in [1.29, 1.82) is 0 Å². The van der Waals surface area contributed by atoms with Gasteiger partial charge >= 0.3 is 0 Å². The molecular formula is C22H26FN3O3S. The fourth-order valence-corrected chi connectivity index (χ4v) is 4.17. The molecule has 3 amide bonds. The molecule has 160 valence electrons. The number of piperidine rings is 1. The number of nitrogens with one attached hydrogen (secondary N) is 2. The van der Waals surface area contributed by atoms with Crippen LogP contribution < -0.4 is 10.6 Å². The average molecular weight is 432 g/mol. The second-order valence-corrected chi connectivity index (χ2v) is 8.35. The molecular weight excluding hydrogens is 405 g/mol. The number of thiophene rings is 1. The SMILES string of the molecule is CC(NC(=O)c1cccs1)C(=O)N1CCC(C(=O)NCCc2ccccc2F)CC1. The number of carbonyl (C=O) groups excluding carboxylic acids is 3. The van der Waals surface area contributed by atoms with Crippen molar-refractivity contribution in [2.24, 2.45) is 5.92 Å². The zero-order valence-corrected chi connectivity index (χ0v) is 17.7. The summed E-state index contributed by atoms with van der Waals surface area (Å²) < 4.78 is 13.6. The summed E-state index contributed by atoms with van der Waals surface area (Å²) in [6, 6.07) is 9.42. The van der Waals surface area contributed by atoms with Gasteiger partial charge in [0.1, 0.15) is 11.9 Å². The minimum Gasteiger partial charge on any atom is -0.356 e. The lowest BCUT2D eigenvalue weighted by molar-refractivity contribution is -0.136. The lowest BCUT2D eigenvalue weighted by Crippen LogP contribution is -2.50. The van der Waals surface area contributed by atoms with E-state index < -0.39 is 6.04 Å². The molecule has 1 atom stereocenters. The van der Waals surface area contributed by atoms with E-state index in [0.29, 0.717) is 49.3 Å². The van der Waals surface area contributed by atoms with E-state index in [1.54, 1.807) is 42.2 Å². The highest BCUT2D eigenvalue weighted by Gasteiger charge is 2.29. The summed E-state index contributed by atoms with van der Waals surface area (Å²) in [6.07, 6.45) is 1.59. The van der Waals surface area contributed by atoms with Crippen molar-refractivity contribution in [2.45, 2.75) is 32.2 Å². The van der Waals surface area contributed by atoms with Crippen LogP contribution in [0.15, 0.2) is 41.8 Å². The Balaban J connectivity index is 1.40. The van der Waals surface area contributed by atoms with E-state index >= 15 is 0 Å². The maximum absolute atomic E-state index is 13.6. The van der Waals surface area contributed by atoms with E-state index in [2.05, 4.69) is 10.6 Å². The van der Waals surface area contributed by atoms with Crippen molar-refractivity contribution in [3.63, 3.8) is 0 Å². The second kappa shape index (κ2) is 10.3. The Bertz CT molecular complexity index is 880. The van der Waals surface area contributed by atoms with Crippen LogP contribution in [0.2, 0.25) is 0 Å². The Kier molecular flexibility index (Phi) is 7.57. The molecule has 30 heavy (non-hydrogen) atoms. The first kappa shape index (κ1) is 22.0. The van der Waals surface area contributed by atoms with Crippen molar-refractivity contribution in [3.8, 4) is 0 Å².